The van der Waals surface area contributed by atoms with E-state index in [1.54, 1.807) is 12.5 Å². The molecular weight excluding hydrogens is 292 g/mol. The van der Waals surface area contributed by atoms with Gasteiger partial charge in [-0.2, -0.15) is 0 Å². The highest BCUT2D eigenvalue weighted by Crippen LogP contribution is 2.25. The minimum atomic E-state index is -0.247. The van der Waals surface area contributed by atoms with Gasteiger partial charge in [-0.15, -0.1) is 0 Å². The Morgan fingerprint density at radius 1 is 1.43 bits per heavy atom. The predicted octanol–water partition coefficient (Wildman–Crippen LogP) is 3.19. The summed E-state index contributed by atoms with van der Waals surface area (Å²) in [6.45, 7) is 7.28. The lowest BCUT2D eigenvalue weighted by molar-refractivity contribution is 0.247. The van der Waals surface area contributed by atoms with Crippen molar-refractivity contribution < 1.29 is 9.53 Å². The SMILES string of the molecule is CCCOc1cc(C)ccc1NC(=O)N[C@@H](C)Cn1ccnc1. The van der Waals surface area contributed by atoms with Gasteiger partial charge in [0.2, 0.25) is 0 Å². The number of ether oxygens (including phenoxy) is 1. The lowest BCUT2D eigenvalue weighted by Crippen LogP contribution is -2.38. The molecule has 0 bridgehead atoms. The van der Waals surface area contributed by atoms with Crippen molar-refractivity contribution in [2.75, 3.05) is 11.9 Å². The third kappa shape index (κ3) is 5.32. The van der Waals surface area contributed by atoms with E-state index in [4.69, 9.17) is 4.74 Å². The van der Waals surface area contributed by atoms with Crippen molar-refractivity contribution in [3.63, 3.8) is 0 Å². The summed E-state index contributed by atoms with van der Waals surface area (Å²) < 4.78 is 7.63. The monoisotopic (exact) mass is 316 g/mol. The average molecular weight is 316 g/mol. The van der Waals surface area contributed by atoms with Crippen molar-refractivity contribution in [3.8, 4) is 5.75 Å². The van der Waals surface area contributed by atoms with Gasteiger partial charge in [0.15, 0.2) is 0 Å². The Hall–Kier alpha value is -2.50. The zero-order valence-corrected chi connectivity index (χ0v) is 13.9. The van der Waals surface area contributed by atoms with Gasteiger partial charge >= 0.3 is 6.03 Å². The number of carbonyl (C=O) groups is 1. The Morgan fingerprint density at radius 3 is 2.96 bits per heavy atom. The fraction of sp³-hybridized carbons (Fsp3) is 0.412. The first-order valence-corrected chi connectivity index (χ1v) is 7.85. The first-order chi connectivity index (χ1) is 11.1. The van der Waals surface area contributed by atoms with Crippen LogP contribution in [0.15, 0.2) is 36.9 Å². The van der Waals surface area contributed by atoms with Crippen LogP contribution in [-0.2, 0) is 6.54 Å². The van der Waals surface area contributed by atoms with Crippen LogP contribution in [0.5, 0.6) is 5.75 Å². The number of hydrogen-bond donors (Lipinski definition) is 2. The molecule has 1 heterocycles. The van der Waals surface area contributed by atoms with Crippen LogP contribution in [0.25, 0.3) is 0 Å². The van der Waals surface area contributed by atoms with Crippen molar-refractivity contribution in [3.05, 3.63) is 42.5 Å². The van der Waals surface area contributed by atoms with E-state index in [2.05, 4.69) is 15.6 Å². The maximum Gasteiger partial charge on any atom is 0.319 e. The van der Waals surface area contributed by atoms with E-state index in [-0.39, 0.29) is 12.1 Å². The molecule has 1 aromatic heterocycles. The molecule has 0 aliphatic carbocycles. The fourth-order valence-corrected chi connectivity index (χ4v) is 2.20. The zero-order chi connectivity index (χ0) is 16.7. The van der Waals surface area contributed by atoms with Gasteiger partial charge in [0.05, 0.1) is 18.6 Å². The van der Waals surface area contributed by atoms with Crippen LogP contribution in [0, 0.1) is 6.92 Å². The first-order valence-electron chi connectivity index (χ1n) is 7.85. The quantitative estimate of drug-likeness (QED) is 0.824. The Labute approximate surface area is 136 Å². The second-order valence-corrected chi connectivity index (χ2v) is 5.61. The van der Waals surface area contributed by atoms with Gasteiger partial charge in [0, 0.05) is 25.0 Å². The molecule has 1 atom stereocenters. The molecular formula is C17H24N4O2. The van der Waals surface area contributed by atoms with E-state index in [9.17, 15) is 4.79 Å². The Kier molecular flexibility index (Phi) is 6.02. The third-order valence-corrected chi connectivity index (χ3v) is 3.27. The molecule has 124 valence electrons. The maximum absolute atomic E-state index is 12.2. The highest BCUT2D eigenvalue weighted by molar-refractivity contribution is 5.91. The summed E-state index contributed by atoms with van der Waals surface area (Å²) in [5.41, 5.74) is 1.77. The summed E-state index contributed by atoms with van der Waals surface area (Å²) in [5.74, 6) is 0.698. The molecule has 0 spiro atoms. The Bertz CT molecular complexity index is 626. The summed E-state index contributed by atoms with van der Waals surface area (Å²) in [5, 5.41) is 5.77. The lowest BCUT2D eigenvalue weighted by Gasteiger charge is -2.17. The Morgan fingerprint density at radius 2 is 2.26 bits per heavy atom. The molecule has 2 N–H and O–H groups in total. The number of aryl methyl sites for hydroxylation is 1. The van der Waals surface area contributed by atoms with Gasteiger partial charge < -0.3 is 19.9 Å². The number of benzene rings is 1. The summed E-state index contributed by atoms with van der Waals surface area (Å²) in [4.78, 5) is 16.1. The van der Waals surface area contributed by atoms with E-state index >= 15 is 0 Å². The van der Waals surface area contributed by atoms with Crippen LogP contribution in [-0.4, -0.2) is 28.2 Å². The van der Waals surface area contributed by atoms with Crippen molar-refractivity contribution in [1.29, 1.82) is 0 Å². The minimum absolute atomic E-state index is 0.0188. The molecule has 6 nitrogen and oxygen atoms in total. The smallest absolute Gasteiger partial charge is 0.319 e. The van der Waals surface area contributed by atoms with Crippen molar-refractivity contribution in [1.82, 2.24) is 14.9 Å². The van der Waals surface area contributed by atoms with Crippen LogP contribution in [0.3, 0.4) is 0 Å². The molecule has 0 radical (unpaired) electrons. The van der Waals surface area contributed by atoms with Crippen molar-refractivity contribution in [2.24, 2.45) is 0 Å². The van der Waals surface area contributed by atoms with Crippen molar-refractivity contribution >= 4 is 11.7 Å². The van der Waals surface area contributed by atoms with Gasteiger partial charge in [-0.25, -0.2) is 9.78 Å². The summed E-state index contributed by atoms with van der Waals surface area (Å²) in [6, 6.07) is 5.47. The molecule has 0 unspecified atom stereocenters. The number of anilines is 1. The van der Waals surface area contributed by atoms with E-state index in [0.29, 0.717) is 24.6 Å². The molecule has 0 fully saturated rings. The number of amides is 2. The van der Waals surface area contributed by atoms with E-state index in [0.717, 1.165) is 12.0 Å². The normalized spacial score (nSPS) is 11.8. The molecule has 1 aromatic carbocycles. The number of nitrogens with zero attached hydrogens (tertiary/aromatic N) is 2. The fourth-order valence-electron chi connectivity index (χ4n) is 2.20. The molecule has 2 rings (SSSR count). The number of hydrogen-bond acceptors (Lipinski definition) is 3. The van der Waals surface area contributed by atoms with Gasteiger partial charge in [-0.1, -0.05) is 13.0 Å². The molecule has 0 aliphatic rings. The van der Waals surface area contributed by atoms with E-state index in [1.165, 1.54) is 0 Å². The number of rotatable bonds is 7. The lowest BCUT2D eigenvalue weighted by atomic mass is 10.2. The second-order valence-electron chi connectivity index (χ2n) is 5.61. The summed E-state index contributed by atoms with van der Waals surface area (Å²) in [7, 11) is 0. The third-order valence-electron chi connectivity index (χ3n) is 3.27. The van der Waals surface area contributed by atoms with Crippen LogP contribution in [0.4, 0.5) is 10.5 Å². The van der Waals surface area contributed by atoms with Crippen LogP contribution in [0.2, 0.25) is 0 Å². The summed E-state index contributed by atoms with van der Waals surface area (Å²) in [6.07, 6.45) is 6.23. The number of aromatic nitrogens is 2. The highest BCUT2D eigenvalue weighted by atomic mass is 16.5. The van der Waals surface area contributed by atoms with Crippen LogP contribution < -0.4 is 15.4 Å². The molecule has 2 amide bonds. The number of carbonyl (C=O) groups excluding carboxylic acids is 1. The topological polar surface area (TPSA) is 68.2 Å². The highest BCUT2D eigenvalue weighted by Gasteiger charge is 2.11. The van der Waals surface area contributed by atoms with E-state index < -0.39 is 0 Å². The molecule has 0 saturated heterocycles. The van der Waals surface area contributed by atoms with Gasteiger partial charge in [-0.3, -0.25) is 0 Å². The largest absolute Gasteiger partial charge is 0.491 e. The van der Waals surface area contributed by atoms with Crippen LogP contribution in [0.1, 0.15) is 25.8 Å². The molecule has 2 aromatic rings. The number of urea groups is 1. The van der Waals surface area contributed by atoms with E-state index in [1.807, 2.05) is 49.7 Å². The average Bonchev–Trinajstić information content (AvgIpc) is 3.00. The van der Waals surface area contributed by atoms with Crippen LogP contribution >= 0.6 is 0 Å². The second kappa shape index (κ2) is 8.22. The molecule has 0 saturated carbocycles. The molecule has 0 aliphatic heterocycles. The standard InChI is InChI=1S/C17H24N4O2/c1-4-9-23-16-10-13(2)5-6-15(16)20-17(22)19-14(3)11-21-8-7-18-12-21/h5-8,10,12,14H,4,9,11H2,1-3H3,(H2,19,20,22)/t14-/m0/s1. The number of imidazole rings is 1. The van der Waals surface area contributed by atoms with Gasteiger partial charge in [-0.05, 0) is 38.0 Å². The van der Waals surface area contributed by atoms with Crippen molar-refractivity contribution in [2.45, 2.75) is 39.8 Å². The first kappa shape index (κ1) is 16.9. The number of nitrogens with one attached hydrogen (secondary N) is 2. The zero-order valence-electron chi connectivity index (χ0n) is 13.9. The van der Waals surface area contributed by atoms with Gasteiger partial charge in [0.25, 0.3) is 0 Å². The van der Waals surface area contributed by atoms with Gasteiger partial charge in [0.1, 0.15) is 5.75 Å². The molecule has 23 heavy (non-hydrogen) atoms. The maximum atomic E-state index is 12.2. The minimum Gasteiger partial charge on any atom is -0.491 e. The summed E-state index contributed by atoms with van der Waals surface area (Å²) >= 11 is 0. The Balaban J connectivity index is 1.93. The molecule has 6 heteroatoms. The predicted molar refractivity (Wildman–Crippen MR) is 90.8 cm³/mol.